The molecule has 3 heteroatoms. The number of rotatable bonds is 1. The summed E-state index contributed by atoms with van der Waals surface area (Å²) in [6.45, 7) is 9.88. The van der Waals surface area contributed by atoms with Crippen LogP contribution >= 0.6 is 0 Å². The van der Waals surface area contributed by atoms with Gasteiger partial charge in [0.2, 0.25) is 0 Å². The third-order valence-electron chi connectivity index (χ3n) is 4.08. The Kier molecular flexibility index (Phi) is 3.37. The van der Waals surface area contributed by atoms with Gasteiger partial charge in [0.05, 0.1) is 0 Å². The Morgan fingerprint density at radius 1 is 1.24 bits per heavy atom. The summed E-state index contributed by atoms with van der Waals surface area (Å²) in [4.78, 5) is 13.9. The molecule has 0 aromatic rings. The molecule has 1 saturated carbocycles. The summed E-state index contributed by atoms with van der Waals surface area (Å²) in [6.07, 6.45) is 3.78. The van der Waals surface area contributed by atoms with E-state index in [1.165, 1.54) is 19.3 Å². The van der Waals surface area contributed by atoms with Crippen molar-refractivity contribution in [2.24, 2.45) is 17.8 Å². The van der Waals surface area contributed by atoms with E-state index in [2.05, 4.69) is 6.92 Å². The Morgan fingerprint density at radius 2 is 1.76 bits per heavy atom. The van der Waals surface area contributed by atoms with Gasteiger partial charge in [0.15, 0.2) is 0 Å². The van der Waals surface area contributed by atoms with Crippen LogP contribution in [-0.4, -0.2) is 29.7 Å². The maximum absolute atomic E-state index is 11.9. The number of fused-ring (bicyclic) bond motifs is 1. The van der Waals surface area contributed by atoms with E-state index in [0.29, 0.717) is 0 Å². The fraction of sp³-hybridized carbons (Fsp3) is 0.929. The normalized spacial score (nSPS) is 32.7. The van der Waals surface area contributed by atoms with Gasteiger partial charge in [0, 0.05) is 13.1 Å². The van der Waals surface area contributed by atoms with E-state index in [1.807, 2.05) is 25.7 Å². The first-order chi connectivity index (χ1) is 7.89. The molecule has 0 bridgehead atoms. The van der Waals surface area contributed by atoms with Crippen LogP contribution in [-0.2, 0) is 4.74 Å². The zero-order valence-electron chi connectivity index (χ0n) is 11.5. The minimum atomic E-state index is -0.374. The van der Waals surface area contributed by atoms with Crippen molar-refractivity contribution < 1.29 is 9.53 Å². The minimum absolute atomic E-state index is 0.125. The first kappa shape index (κ1) is 12.7. The molecule has 17 heavy (non-hydrogen) atoms. The SMILES string of the molecule is CCC1C[C@@H]2CN(C(=O)OC(C)(C)C)C[C@@H]2C1. The van der Waals surface area contributed by atoms with Crippen molar-refractivity contribution >= 4 is 6.09 Å². The third kappa shape index (κ3) is 2.93. The molecule has 98 valence electrons. The second-order valence-electron chi connectivity index (χ2n) is 6.65. The molecule has 0 aromatic heterocycles. The molecule has 1 aliphatic carbocycles. The van der Waals surface area contributed by atoms with Crippen molar-refractivity contribution in [3.8, 4) is 0 Å². The molecule has 0 N–H and O–H groups in total. The lowest BCUT2D eigenvalue weighted by atomic mass is 10.0. The Labute approximate surface area is 105 Å². The van der Waals surface area contributed by atoms with E-state index in [1.54, 1.807) is 0 Å². The molecule has 3 nitrogen and oxygen atoms in total. The van der Waals surface area contributed by atoms with Crippen LogP contribution in [0.5, 0.6) is 0 Å². The zero-order chi connectivity index (χ0) is 12.6. The van der Waals surface area contributed by atoms with Gasteiger partial charge < -0.3 is 9.64 Å². The highest BCUT2D eigenvalue weighted by atomic mass is 16.6. The molecular weight excluding hydrogens is 214 g/mol. The second-order valence-corrected chi connectivity index (χ2v) is 6.65. The Balaban J connectivity index is 1.86. The van der Waals surface area contributed by atoms with Crippen molar-refractivity contribution in [1.29, 1.82) is 0 Å². The van der Waals surface area contributed by atoms with Crippen LogP contribution < -0.4 is 0 Å². The van der Waals surface area contributed by atoms with Crippen LogP contribution in [0.4, 0.5) is 4.79 Å². The molecule has 2 rings (SSSR count). The largest absolute Gasteiger partial charge is 0.444 e. The molecule has 0 spiro atoms. The van der Waals surface area contributed by atoms with Gasteiger partial charge in [-0.25, -0.2) is 4.79 Å². The highest BCUT2D eigenvalue weighted by Gasteiger charge is 2.42. The van der Waals surface area contributed by atoms with Gasteiger partial charge >= 0.3 is 6.09 Å². The number of carbonyl (C=O) groups is 1. The van der Waals surface area contributed by atoms with E-state index < -0.39 is 0 Å². The standard InChI is InChI=1S/C14H25NO2/c1-5-10-6-11-8-15(9-12(11)7-10)13(16)17-14(2,3)4/h10-12H,5-9H2,1-4H3/t10?,11-,12+. The fourth-order valence-electron chi connectivity index (χ4n) is 3.23. The summed E-state index contributed by atoms with van der Waals surface area (Å²) in [5, 5.41) is 0. The summed E-state index contributed by atoms with van der Waals surface area (Å²) in [5.41, 5.74) is -0.374. The van der Waals surface area contributed by atoms with Crippen LogP contribution in [0, 0.1) is 17.8 Å². The summed E-state index contributed by atoms with van der Waals surface area (Å²) in [5.74, 6) is 2.35. The Bertz CT molecular complexity index is 281. The molecule has 2 fully saturated rings. The molecule has 0 radical (unpaired) electrons. The summed E-state index contributed by atoms with van der Waals surface area (Å²) in [7, 11) is 0. The van der Waals surface area contributed by atoms with Gasteiger partial charge in [-0.3, -0.25) is 0 Å². The van der Waals surface area contributed by atoms with E-state index >= 15 is 0 Å². The molecule has 1 saturated heterocycles. The molecule has 1 amide bonds. The number of hydrogen-bond donors (Lipinski definition) is 0. The van der Waals surface area contributed by atoms with Crippen molar-refractivity contribution in [3.05, 3.63) is 0 Å². The van der Waals surface area contributed by atoms with Crippen LogP contribution in [0.15, 0.2) is 0 Å². The maximum Gasteiger partial charge on any atom is 0.410 e. The lowest BCUT2D eigenvalue weighted by Crippen LogP contribution is -2.36. The van der Waals surface area contributed by atoms with Crippen LogP contribution in [0.25, 0.3) is 0 Å². The monoisotopic (exact) mass is 239 g/mol. The van der Waals surface area contributed by atoms with E-state index in [-0.39, 0.29) is 11.7 Å². The quantitative estimate of drug-likeness (QED) is 0.702. The van der Waals surface area contributed by atoms with E-state index in [9.17, 15) is 4.79 Å². The number of likely N-dealkylation sites (tertiary alicyclic amines) is 1. The van der Waals surface area contributed by atoms with Crippen molar-refractivity contribution in [2.75, 3.05) is 13.1 Å². The summed E-state index contributed by atoms with van der Waals surface area (Å²) in [6, 6.07) is 0. The number of carbonyl (C=O) groups excluding carboxylic acids is 1. The van der Waals surface area contributed by atoms with Crippen molar-refractivity contribution in [3.63, 3.8) is 0 Å². The van der Waals surface area contributed by atoms with Crippen molar-refractivity contribution in [1.82, 2.24) is 4.90 Å². The second kappa shape index (κ2) is 4.51. The molecule has 1 heterocycles. The number of hydrogen-bond acceptors (Lipinski definition) is 2. The van der Waals surface area contributed by atoms with Gasteiger partial charge in [-0.2, -0.15) is 0 Å². The predicted molar refractivity (Wildman–Crippen MR) is 67.8 cm³/mol. The zero-order valence-corrected chi connectivity index (χ0v) is 11.5. The van der Waals surface area contributed by atoms with Gasteiger partial charge in [-0.15, -0.1) is 0 Å². The highest BCUT2D eigenvalue weighted by molar-refractivity contribution is 5.68. The fourth-order valence-corrected chi connectivity index (χ4v) is 3.23. The van der Waals surface area contributed by atoms with Crippen LogP contribution in [0.2, 0.25) is 0 Å². The molecule has 3 atom stereocenters. The number of amides is 1. The van der Waals surface area contributed by atoms with Gasteiger partial charge in [-0.05, 0) is 51.4 Å². The first-order valence-electron chi connectivity index (χ1n) is 6.87. The molecule has 1 aliphatic heterocycles. The third-order valence-corrected chi connectivity index (χ3v) is 4.08. The van der Waals surface area contributed by atoms with Gasteiger partial charge in [-0.1, -0.05) is 13.3 Å². The molecular formula is C14H25NO2. The van der Waals surface area contributed by atoms with Gasteiger partial charge in [0.25, 0.3) is 0 Å². The number of ether oxygens (including phenoxy) is 1. The molecule has 2 aliphatic rings. The van der Waals surface area contributed by atoms with E-state index in [0.717, 1.165) is 30.8 Å². The van der Waals surface area contributed by atoms with Crippen LogP contribution in [0.1, 0.15) is 47.0 Å². The Hall–Kier alpha value is -0.730. The summed E-state index contributed by atoms with van der Waals surface area (Å²) >= 11 is 0. The van der Waals surface area contributed by atoms with Crippen molar-refractivity contribution in [2.45, 2.75) is 52.6 Å². The average Bonchev–Trinajstić information content (AvgIpc) is 2.70. The average molecular weight is 239 g/mol. The highest BCUT2D eigenvalue weighted by Crippen LogP contribution is 2.42. The maximum atomic E-state index is 11.9. The summed E-state index contributed by atoms with van der Waals surface area (Å²) < 4.78 is 5.43. The van der Waals surface area contributed by atoms with Crippen LogP contribution in [0.3, 0.4) is 0 Å². The minimum Gasteiger partial charge on any atom is -0.444 e. The smallest absolute Gasteiger partial charge is 0.410 e. The lowest BCUT2D eigenvalue weighted by Gasteiger charge is -2.25. The number of nitrogens with zero attached hydrogens (tertiary/aromatic N) is 1. The van der Waals surface area contributed by atoms with E-state index in [4.69, 9.17) is 4.74 Å². The van der Waals surface area contributed by atoms with Gasteiger partial charge in [0.1, 0.15) is 5.60 Å². The topological polar surface area (TPSA) is 29.5 Å². The molecule has 0 aromatic carbocycles. The molecule has 1 unspecified atom stereocenters. The Morgan fingerprint density at radius 3 is 2.18 bits per heavy atom. The first-order valence-corrected chi connectivity index (χ1v) is 6.87. The lowest BCUT2D eigenvalue weighted by molar-refractivity contribution is 0.0277. The predicted octanol–water partition coefficient (Wildman–Crippen LogP) is 3.29.